The molecule has 4 nitrogen and oxygen atoms in total. The highest BCUT2D eigenvalue weighted by atomic mass is 16.4. The van der Waals surface area contributed by atoms with Crippen LogP contribution in [0.2, 0.25) is 0 Å². The van der Waals surface area contributed by atoms with Gasteiger partial charge in [0.2, 0.25) is 0 Å². The van der Waals surface area contributed by atoms with Crippen molar-refractivity contribution in [1.82, 2.24) is 0 Å². The van der Waals surface area contributed by atoms with Gasteiger partial charge in [0.25, 0.3) is 0 Å². The number of allylic oxidation sites excluding steroid dienone is 2. The topological polar surface area (TPSA) is 71.4 Å². The summed E-state index contributed by atoms with van der Waals surface area (Å²) in [7, 11) is 0. The molecule has 4 heteroatoms. The number of aliphatic carboxylic acids is 1. The Kier molecular flexibility index (Phi) is 4.82. The predicted molar refractivity (Wildman–Crippen MR) is 67.2 cm³/mol. The lowest BCUT2D eigenvalue weighted by molar-refractivity contribution is -0.137. The normalized spacial score (nSPS) is 18.9. The molecular weight excluding hydrogens is 232 g/mol. The van der Waals surface area contributed by atoms with Crippen LogP contribution in [-0.4, -0.2) is 22.6 Å². The molecule has 0 aromatic rings. The molecule has 0 saturated heterocycles. The van der Waals surface area contributed by atoms with E-state index < -0.39 is 5.97 Å². The van der Waals surface area contributed by atoms with Gasteiger partial charge in [0.15, 0.2) is 11.6 Å². The molecule has 0 unspecified atom stereocenters. The highest BCUT2D eigenvalue weighted by Gasteiger charge is 2.35. The minimum atomic E-state index is -0.811. The fourth-order valence-electron chi connectivity index (χ4n) is 2.17. The van der Waals surface area contributed by atoms with E-state index in [0.29, 0.717) is 37.7 Å². The molecule has 100 valence electrons. The van der Waals surface area contributed by atoms with Gasteiger partial charge in [-0.15, -0.1) is 0 Å². The van der Waals surface area contributed by atoms with Gasteiger partial charge in [-0.1, -0.05) is 19.9 Å². The second-order valence-corrected chi connectivity index (χ2v) is 5.62. The molecule has 1 aliphatic carbocycles. The number of hydrogen-bond acceptors (Lipinski definition) is 3. The summed E-state index contributed by atoms with van der Waals surface area (Å²) < 4.78 is 0. The number of carbonyl (C=O) groups excluding carboxylic acids is 2. The molecular formula is C14H20O4. The molecule has 1 N–H and O–H groups in total. The van der Waals surface area contributed by atoms with Gasteiger partial charge in [-0.2, -0.15) is 0 Å². The van der Waals surface area contributed by atoms with E-state index in [9.17, 15) is 14.4 Å². The summed E-state index contributed by atoms with van der Waals surface area (Å²) >= 11 is 0. The Morgan fingerprint density at radius 3 is 2.28 bits per heavy atom. The number of Topliss-reactive ketones (excluding diaryl/α,β-unsaturated/α-hetero) is 2. The van der Waals surface area contributed by atoms with Crippen LogP contribution in [0.5, 0.6) is 0 Å². The van der Waals surface area contributed by atoms with E-state index in [1.807, 2.05) is 13.8 Å². The van der Waals surface area contributed by atoms with E-state index in [1.54, 1.807) is 6.08 Å². The van der Waals surface area contributed by atoms with Crippen LogP contribution in [0.3, 0.4) is 0 Å². The summed E-state index contributed by atoms with van der Waals surface area (Å²) in [5, 5.41) is 8.48. The average molecular weight is 252 g/mol. The van der Waals surface area contributed by atoms with Crippen molar-refractivity contribution in [3.05, 3.63) is 11.6 Å². The quantitative estimate of drug-likeness (QED) is 0.463. The van der Waals surface area contributed by atoms with Crippen molar-refractivity contribution < 1.29 is 19.5 Å². The Labute approximate surface area is 107 Å². The summed E-state index contributed by atoms with van der Waals surface area (Å²) in [6.07, 6.45) is 4.52. The van der Waals surface area contributed by atoms with Gasteiger partial charge in [0, 0.05) is 19.3 Å². The Balaban J connectivity index is 2.48. The average Bonchev–Trinajstić information content (AvgIpc) is 2.18. The van der Waals surface area contributed by atoms with Crippen molar-refractivity contribution in [2.75, 3.05) is 0 Å². The van der Waals surface area contributed by atoms with Crippen LogP contribution in [0, 0.1) is 5.41 Å². The largest absolute Gasteiger partial charge is 0.481 e. The third-order valence-corrected chi connectivity index (χ3v) is 3.07. The van der Waals surface area contributed by atoms with Gasteiger partial charge in [-0.25, -0.2) is 0 Å². The molecule has 0 spiro atoms. The maximum absolute atomic E-state index is 11.8. The van der Waals surface area contributed by atoms with Crippen LogP contribution >= 0.6 is 0 Å². The van der Waals surface area contributed by atoms with Crippen molar-refractivity contribution in [2.45, 2.75) is 52.4 Å². The molecule has 1 fully saturated rings. The third kappa shape index (κ3) is 4.43. The molecule has 0 aromatic carbocycles. The van der Waals surface area contributed by atoms with Gasteiger partial charge < -0.3 is 5.11 Å². The van der Waals surface area contributed by atoms with Crippen LogP contribution < -0.4 is 0 Å². The maximum atomic E-state index is 11.8. The van der Waals surface area contributed by atoms with E-state index in [1.165, 1.54) is 0 Å². The smallest absolute Gasteiger partial charge is 0.303 e. The Hall–Kier alpha value is -1.45. The molecule has 0 radical (unpaired) electrons. The highest BCUT2D eigenvalue weighted by Crippen LogP contribution is 2.33. The predicted octanol–water partition coefficient (Wildman–Crippen LogP) is 2.52. The number of carboxylic acids is 1. The van der Waals surface area contributed by atoms with Crippen molar-refractivity contribution in [3.63, 3.8) is 0 Å². The summed E-state index contributed by atoms with van der Waals surface area (Å²) in [5.41, 5.74) is 0.0964. The second kappa shape index (κ2) is 5.94. The van der Waals surface area contributed by atoms with Gasteiger partial charge in [-0.3, -0.25) is 14.4 Å². The zero-order chi connectivity index (χ0) is 13.8. The van der Waals surface area contributed by atoms with Crippen molar-refractivity contribution >= 4 is 17.5 Å². The molecule has 0 bridgehead atoms. The minimum Gasteiger partial charge on any atom is -0.481 e. The minimum absolute atomic E-state index is 0.0746. The van der Waals surface area contributed by atoms with E-state index >= 15 is 0 Å². The molecule has 18 heavy (non-hydrogen) atoms. The molecule has 0 heterocycles. The van der Waals surface area contributed by atoms with Crippen LogP contribution in [0.15, 0.2) is 11.6 Å². The lowest BCUT2D eigenvalue weighted by atomic mass is 9.74. The summed E-state index contributed by atoms with van der Waals surface area (Å²) in [6, 6.07) is 0. The van der Waals surface area contributed by atoms with Gasteiger partial charge >= 0.3 is 5.97 Å². The van der Waals surface area contributed by atoms with E-state index in [0.717, 1.165) is 0 Å². The van der Waals surface area contributed by atoms with E-state index in [-0.39, 0.29) is 23.4 Å². The first-order valence-electron chi connectivity index (χ1n) is 6.30. The lowest BCUT2D eigenvalue weighted by Gasteiger charge is -2.28. The number of ketones is 2. The Morgan fingerprint density at radius 2 is 1.78 bits per heavy atom. The second-order valence-electron chi connectivity index (χ2n) is 5.62. The lowest BCUT2D eigenvalue weighted by Crippen LogP contribution is -2.31. The molecule has 1 aliphatic rings. The van der Waals surface area contributed by atoms with Gasteiger partial charge in [0.1, 0.15) is 0 Å². The molecule has 1 saturated carbocycles. The number of carboxylic acid groups (broad SMARTS) is 1. The monoisotopic (exact) mass is 252 g/mol. The van der Waals surface area contributed by atoms with Crippen LogP contribution in [0.4, 0.5) is 0 Å². The number of rotatable bonds is 5. The fraction of sp³-hybridized carbons (Fsp3) is 0.643. The van der Waals surface area contributed by atoms with E-state index in [4.69, 9.17) is 5.11 Å². The first-order valence-corrected chi connectivity index (χ1v) is 6.30. The number of hydrogen-bond donors (Lipinski definition) is 1. The SMILES string of the molecule is CC1(C)CC(=O)C(=CCCCCC(=O)O)C(=O)C1. The summed E-state index contributed by atoms with van der Waals surface area (Å²) in [6.45, 7) is 3.85. The molecule has 0 atom stereocenters. The Bertz CT molecular complexity index is 369. The van der Waals surface area contributed by atoms with Gasteiger partial charge in [0.05, 0.1) is 5.57 Å². The molecule has 1 rings (SSSR count). The third-order valence-electron chi connectivity index (χ3n) is 3.07. The standard InChI is InChI=1S/C14H20O4/c1-14(2)8-11(15)10(12(16)9-14)6-4-3-5-7-13(17)18/h6H,3-5,7-9H2,1-2H3,(H,17,18). The van der Waals surface area contributed by atoms with Crippen LogP contribution in [0.1, 0.15) is 52.4 Å². The fourth-order valence-corrected chi connectivity index (χ4v) is 2.17. The first-order chi connectivity index (χ1) is 8.32. The van der Waals surface area contributed by atoms with Gasteiger partial charge in [-0.05, 0) is 24.7 Å². The zero-order valence-corrected chi connectivity index (χ0v) is 11.0. The maximum Gasteiger partial charge on any atom is 0.303 e. The summed E-state index contributed by atoms with van der Waals surface area (Å²) in [5.74, 6) is -0.960. The summed E-state index contributed by atoms with van der Waals surface area (Å²) in [4.78, 5) is 33.9. The number of carbonyl (C=O) groups is 3. The van der Waals surface area contributed by atoms with Crippen LogP contribution in [-0.2, 0) is 14.4 Å². The molecule has 0 amide bonds. The van der Waals surface area contributed by atoms with Crippen molar-refractivity contribution in [1.29, 1.82) is 0 Å². The zero-order valence-electron chi connectivity index (χ0n) is 11.0. The highest BCUT2D eigenvalue weighted by molar-refractivity contribution is 6.22. The molecule has 0 aromatic heterocycles. The van der Waals surface area contributed by atoms with Crippen molar-refractivity contribution in [2.24, 2.45) is 5.41 Å². The van der Waals surface area contributed by atoms with Crippen LogP contribution in [0.25, 0.3) is 0 Å². The van der Waals surface area contributed by atoms with Crippen molar-refractivity contribution in [3.8, 4) is 0 Å². The molecule has 0 aliphatic heterocycles. The van der Waals surface area contributed by atoms with E-state index in [2.05, 4.69) is 0 Å². The Morgan fingerprint density at radius 1 is 1.22 bits per heavy atom. The first kappa shape index (κ1) is 14.6. The number of unbranched alkanes of at least 4 members (excludes halogenated alkanes) is 2.